The Balaban J connectivity index is 1.52. The minimum Gasteiger partial charge on any atom is -0.340 e. The Morgan fingerprint density at radius 1 is 1.12 bits per heavy atom. The van der Waals surface area contributed by atoms with E-state index >= 15 is 0 Å². The van der Waals surface area contributed by atoms with Crippen LogP contribution in [-0.4, -0.2) is 58.5 Å². The van der Waals surface area contributed by atoms with Gasteiger partial charge >= 0.3 is 0 Å². The van der Waals surface area contributed by atoms with E-state index in [9.17, 15) is 13.2 Å². The number of nitrogens with zero attached hydrogens (tertiary/aromatic N) is 4. The molecule has 1 aromatic carbocycles. The minimum absolute atomic E-state index is 0.156. The van der Waals surface area contributed by atoms with E-state index in [-0.39, 0.29) is 16.7 Å². The molecular weight excluding hydrogens is 348 g/mol. The third kappa shape index (κ3) is 2.60. The van der Waals surface area contributed by atoms with Gasteiger partial charge in [-0.2, -0.15) is 13.1 Å². The molecule has 24 heavy (non-hydrogen) atoms. The normalized spacial score (nSPS) is 20.2. The largest absolute Gasteiger partial charge is 0.340 e. The molecule has 1 aliphatic carbocycles. The van der Waals surface area contributed by atoms with Gasteiger partial charge in [0.15, 0.2) is 0 Å². The number of fused-ring (bicyclic) bond motifs is 1. The molecule has 1 amide bonds. The molecule has 128 valence electrons. The van der Waals surface area contributed by atoms with E-state index in [0.29, 0.717) is 37.2 Å². The zero-order chi connectivity index (χ0) is 16.7. The summed E-state index contributed by atoms with van der Waals surface area (Å²) in [5, 5.41) is 0. The Bertz CT molecular complexity index is 868. The molecule has 7 nitrogen and oxygen atoms in total. The maximum absolute atomic E-state index is 12.9. The van der Waals surface area contributed by atoms with Crippen molar-refractivity contribution in [2.24, 2.45) is 5.92 Å². The molecule has 1 saturated carbocycles. The second-order valence-electron chi connectivity index (χ2n) is 6.25. The lowest BCUT2D eigenvalue weighted by Crippen LogP contribution is -2.52. The summed E-state index contributed by atoms with van der Waals surface area (Å²) in [6.45, 7) is 1.57. The fourth-order valence-corrected chi connectivity index (χ4v) is 5.37. The highest BCUT2D eigenvalue weighted by molar-refractivity contribution is 7.89. The van der Waals surface area contributed by atoms with Crippen LogP contribution in [0.15, 0.2) is 23.1 Å². The SMILES string of the molecule is O=C(C1CCC1)N1CCN(S(=O)(=O)c2cccc3nsnc23)CC1. The van der Waals surface area contributed by atoms with Crippen LogP contribution in [0.2, 0.25) is 0 Å². The summed E-state index contributed by atoms with van der Waals surface area (Å²) in [5.41, 5.74) is 1.02. The Morgan fingerprint density at radius 3 is 2.54 bits per heavy atom. The van der Waals surface area contributed by atoms with Gasteiger partial charge in [-0.25, -0.2) is 8.42 Å². The standard InChI is InChI=1S/C15H18N4O3S2/c20-15(11-3-1-4-11)18-7-9-19(10-8-18)24(21,22)13-6-2-5-12-14(13)17-23-16-12/h2,5-6,11H,1,3-4,7-10H2. The van der Waals surface area contributed by atoms with Crippen LogP contribution in [-0.2, 0) is 14.8 Å². The molecule has 0 radical (unpaired) electrons. The van der Waals surface area contributed by atoms with Crippen molar-refractivity contribution < 1.29 is 13.2 Å². The van der Waals surface area contributed by atoms with Crippen LogP contribution in [0, 0.1) is 5.92 Å². The zero-order valence-electron chi connectivity index (χ0n) is 13.1. The summed E-state index contributed by atoms with van der Waals surface area (Å²) in [5.74, 6) is 0.340. The molecule has 2 heterocycles. The van der Waals surface area contributed by atoms with E-state index in [0.717, 1.165) is 31.0 Å². The second kappa shape index (κ2) is 6.05. The van der Waals surface area contributed by atoms with Crippen molar-refractivity contribution in [3.8, 4) is 0 Å². The fraction of sp³-hybridized carbons (Fsp3) is 0.533. The van der Waals surface area contributed by atoms with Crippen molar-refractivity contribution in [2.75, 3.05) is 26.2 Å². The Kier molecular flexibility index (Phi) is 4.01. The van der Waals surface area contributed by atoms with Crippen LogP contribution in [0.3, 0.4) is 0 Å². The van der Waals surface area contributed by atoms with Gasteiger partial charge < -0.3 is 4.90 Å². The average molecular weight is 366 g/mol. The first-order chi connectivity index (χ1) is 11.6. The maximum Gasteiger partial charge on any atom is 0.245 e. The van der Waals surface area contributed by atoms with Crippen LogP contribution < -0.4 is 0 Å². The monoisotopic (exact) mass is 366 g/mol. The molecule has 2 fully saturated rings. The Labute approximate surface area is 144 Å². The van der Waals surface area contributed by atoms with Gasteiger partial charge in [0.05, 0.1) is 11.7 Å². The first-order valence-electron chi connectivity index (χ1n) is 8.07. The number of carbonyl (C=O) groups is 1. The number of hydrogen-bond donors (Lipinski definition) is 0. The predicted molar refractivity (Wildman–Crippen MR) is 90.1 cm³/mol. The lowest BCUT2D eigenvalue weighted by molar-refractivity contribution is -0.139. The molecule has 1 aromatic heterocycles. The van der Waals surface area contributed by atoms with Gasteiger partial charge in [-0.15, -0.1) is 0 Å². The number of aromatic nitrogens is 2. The third-order valence-electron chi connectivity index (χ3n) is 4.87. The van der Waals surface area contributed by atoms with Crippen LogP contribution in [0.5, 0.6) is 0 Å². The third-order valence-corrected chi connectivity index (χ3v) is 7.34. The van der Waals surface area contributed by atoms with Gasteiger partial charge in [0, 0.05) is 32.1 Å². The van der Waals surface area contributed by atoms with Gasteiger partial charge in [0.25, 0.3) is 0 Å². The summed E-state index contributed by atoms with van der Waals surface area (Å²) < 4.78 is 35.6. The molecule has 2 aromatic rings. The topological polar surface area (TPSA) is 83.5 Å². The predicted octanol–water partition coefficient (Wildman–Crippen LogP) is 1.32. The number of rotatable bonds is 3. The van der Waals surface area contributed by atoms with Gasteiger partial charge in [0.2, 0.25) is 15.9 Å². The minimum atomic E-state index is -3.62. The van der Waals surface area contributed by atoms with Crippen LogP contribution in [0.25, 0.3) is 11.0 Å². The van der Waals surface area contributed by atoms with Crippen molar-refractivity contribution in [3.63, 3.8) is 0 Å². The van der Waals surface area contributed by atoms with Gasteiger partial charge in [-0.1, -0.05) is 12.5 Å². The Morgan fingerprint density at radius 2 is 1.88 bits per heavy atom. The van der Waals surface area contributed by atoms with Crippen molar-refractivity contribution in [3.05, 3.63) is 18.2 Å². The molecule has 0 bridgehead atoms. The summed E-state index contributed by atoms with van der Waals surface area (Å²) in [6.07, 6.45) is 3.06. The molecule has 2 aliphatic rings. The van der Waals surface area contributed by atoms with Crippen LogP contribution >= 0.6 is 11.7 Å². The molecular formula is C15H18N4O3S2. The van der Waals surface area contributed by atoms with E-state index in [1.165, 1.54) is 4.31 Å². The summed E-state index contributed by atoms with van der Waals surface area (Å²) in [4.78, 5) is 14.3. The molecule has 0 unspecified atom stereocenters. The highest BCUT2D eigenvalue weighted by atomic mass is 32.2. The number of sulfonamides is 1. The van der Waals surface area contributed by atoms with E-state index < -0.39 is 10.0 Å². The van der Waals surface area contributed by atoms with E-state index in [1.54, 1.807) is 23.1 Å². The van der Waals surface area contributed by atoms with E-state index in [2.05, 4.69) is 8.75 Å². The first-order valence-corrected chi connectivity index (χ1v) is 10.2. The molecule has 0 spiro atoms. The average Bonchev–Trinajstić information content (AvgIpc) is 3.01. The number of benzene rings is 1. The molecule has 1 aliphatic heterocycles. The quantitative estimate of drug-likeness (QED) is 0.818. The zero-order valence-corrected chi connectivity index (χ0v) is 14.7. The summed E-state index contributed by atoms with van der Waals surface area (Å²) >= 11 is 1.01. The lowest BCUT2D eigenvalue weighted by atomic mass is 9.84. The second-order valence-corrected chi connectivity index (χ2v) is 8.68. The van der Waals surface area contributed by atoms with Crippen molar-refractivity contribution in [2.45, 2.75) is 24.2 Å². The smallest absolute Gasteiger partial charge is 0.245 e. The van der Waals surface area contributed by atoms with Gasteiger partial charge in [-0.3, -0.25) is 4.79 Å². The van der Waals surface area contributed by atoms with Crippen molar-refractivity contribution >= 4 is 38.7 Å². The van der Waals surface area contributed by atoms with E-state index in [4.69, 9.17) is 0 Å². The Hall–Kier alpha value is -1.58. The van der Waals surface area contributed by atoms with Crippen LogP contribution in [0.4, 0.5) is 0 Å². The van der Waals surface area contributed by atoms with E-state index in [1.807, 2.05) is 0 Å². The molecule has 0 atom stereocenters. The molecule has 1 saturated heterocycles. The lowest BCUT2D eigenvalue weighted by Gasteiger charge is -2.37. The number of carbonyl (C=O) groups excluding carboxylic acids is 1. The van der Waals surface area contributed by atoms with Gasteiger partial charge in [-0.05, 0) is 25.0 Å². The number of hydrogen-bond acceptors (Lipinski definition) is 6. The van der Waals surface area contributed by atoms with Crippen LogP contribution in [0.1, 0.15) is 19.3 Å². The molecule has 0 N–H and O–H groups in total. The maximum atomic E-state index is 12.9. The van der Waals surface area contributed by atoms with Gasteiger partial charge in [0.1, 0.15) is 15.9 Å². The summed E-state index contributed by atoms with van der Waals surface area (Å²) in [7, 11) is -3.62. The highest BCUT2D eigenvalue weighted by Crippen LogP contribution is 2.29. The number of piperazine rings is 1. The fourth-order valence-electron chi connectivity index (χ4n) is 3.19. The van der Waals surface area contributed by atoms with Crippen molar-refractivity contribution in [1.82, 2.24) is 18.0 Å². The number of amides is 1. The highest BCUT2D eigenvalue weighted by Gasteiger charge is 2.35. The molecule has 4 rings (SSSR count). The molecule has 9 heteroatoms. The van der Waals surface area contributed by atoms with Crippen molar-refractivity contribution in [1.29, 1.82) is 0 Å². The first kappa shape index (κ1) is 15.9. The summed E-state index contributed by atoms with van der Waals surface area (Å²) in [6, 6.07) is 5.02.